The lowest BCUT2D eigenvalue weighted by atomic mass is 10.0. The maximum absolute atomic E-state index is 13.0. The van der Waals surface area contributed by atoms with Gasteiger partial charge in [0.15, 0.2) is 0 Å². The highest BCUT2D eigenvalue weighted by atomic mass is 16.6. The van der Waals surface area contributed by atoms with E-state index in [2.05, 4.69) is 21.4 Å². The van der Waals surface area contributed by atoms with E-state index < -0.39 is 54.7 Å². The Bertz CT molecular complexity index is 888. The van der Waals surface area contributed by atoms with Gasteiger partial charge in [0, 0.05) is 6.04 Å². The number of hydrogen-bond acceptors (Lipinski definition) is 8. The van der Waals surface area contributed by atoms with Gasteiger partial charge in [-0.25, -0.2) is 4.79 Å². The van der Waals surface area contributed by atoms with Crippen LogP contribution in [0.4, 0.5) is 4.79 Å². The van der Waals surface area contributed by atoms with Crippen LogP contribution in [0.5, 0.6) is 5.75 Å². The minimum Gasteiger partial charge on any atom is -0.508 e. The molecule has 0 spiro atoms. The minimum atomic E-state index is -1.53. The lowest BCUT2D eigenvalue weighted by Crippen LogP contribution is -2.53. The maximum Gasteiger partial charge on any atom is 0.408 e. The van der Waals surface area contributed by atoms with Gasteiger partial charge in [0.25, 0.3) is 5.91 Å². The molecule has 1 aromatic carbocycles. The smallest absolute Gasteiger partial charge is 0.408 e. The number of carbonyl (C=O) groups excluding carboxylic acids is 4. The first-order valence-corrected chi connectivity index (χ1v) is 9.46. The summed E-state index contributed by atoms with van der Waals surface area (Å²) in [6.07, 6.45) is 4.51. The van der Waals surface area contributed by atoms with Gasteiger partial charge in [0.05, 0.1) is 13.7 Å². The van der Waals surface area contributed by atoms with Crippen LogP contribution in [0.2, 0.25) is 0 Å². The number of amides is 3. The van der Waals surface area contributed by atoms with Crippen LogP contribution in [0.3, 0.4) is 0 Å². The van der Waals surface area contributed by atoms with Gasteiger partial charge in [0.1, 0.15) is 30.0 Å². The molecule has 2 atom stereocenters. The quantitative estimate of drug-likeness (QED) is 0.246. The molecule has 4 N–H and O–H groups in total. The Kier molecular flexibility index (Phi) is 9.49. The van der Waals surface area contributed by atoms with Crippen molar-refractivity contribution in [3.8, 4) is 18.2 Å². The number of aliphatic hydroxyl groups is 1. The second-order valence-corrected chi connectivity index (χ2v) is 7.51. The van der Waals surface area contributed by atoms with Gasteiger partial charge in [-0.1, -0.05) is 18.6 Å². The van der Waals surface area contributed by atoms with Crippen LogP contribution in [0.15, 0.2) is 24.3 Å². The maximum atomic E-state index is 13.0. The highest BCUT2D eigenvalue weighted by molar-refractivity contribution is 5.94. The number of terminal acetylenes is 1. The number of hydrogen-bond donors (Lipinski definition) is 4. The SMILES string of the molecule is C#CN(C(=O)C(CO)NC(=O)OC(C)(C)C)C(C(=O)NCC(=O)OC)c1cccc(O)c1. The number of aliphatic hydroxyl groups excluding tert-OH is 1. The summed E-state index contributed by atoms with van der Waals surface area (Å²) >= 11 is 0. The van der Waals surface area contributed by atoms with E-state index in [1.165, 1.54) is 24.3 Å². The number of aromatic hydroxyl groups is 1. The van der Waals surface area contributed by atoms with Crippen LogP contribution >= 0.6 is 0 Å². The summed E-state index contributed by atoms with van der Waals surface area (Å²) in [5.41, 5.74) is -0.746. The Balaban J connectivity index is 3.24. The minimum absolute atomic E-state index is 0.118. The van der Waals surface area contributed by atoms with E-state index in [4.69, 9.17) is 11.2 Å². The van der Waals surface area contributed by atoms with Crippen molar-refractivity contribution < 1.29 is 38.9 Å². The third-order valence-electron chi connectivity index (χ3n) is 3.88. The molecule has 0 aromatic heterocycles. The molecule has 0 heterocycles. The average molecular weight is 449 g/mol. The summed E-state index contributed by atoms with van der Waals surface area (Å²) < 4.78 is 9.54. The molecule has 3 amide bonds. The summed E-state index contributed by atoms with van der Waals surface area (Å²) in [6, 6.07) is 4.42. The van der Waals surface area contributed by atoms with E-state index in [9.17, 15) is 29.4 Å². The van der Waals surface area contributed by atoms with Crippen molar-refractivity contribution in [2.75, 3.05) is 20.3 Å². The predicted octanol–water partition coefficient (Wildman–Crippen LogP) is 0.0274. The summed E-state index contributed by atoms with van der Waals surface area (Å²) in [4.78, 5) is 49.9. The number of carbonyl (C=O) groups is 4. The number of rotatable bonds is 8. The van der Waals surface area contributed by atoms with E-state index in [0.29, 0.717) is 4.90 Å². The molecule has 0 aliphatic carbocycles. The molecule has 11 nitrogen and oxygen atoms in total. The average Bonchev–Trinajstić information content (AvgIpc) is 2.71. The van der Waals surface area contributed by atoms with Crippen molar-refractivity contribution in [1.29, 1.82) is 0 Å². The highest BCUT2D eigenvalue weighted by Crippen LogP contribution is 2.25. The van der Waals surface area contributed by atoms with Crippen molar-refractivity contribution in [2.24, 2.45) is 0 Å². The molecule has 0 aliphatic rings. The van der Waals surface area contributed by atoms with Crippen LogP contribution in [0, 0.1) is 12.5 Å². The summed E-state index contributed by atoms with van der Waals surface area (Å²) in [5, 5.41) is 23.9. The fraction of sp³-hybridized carbons (Fsp3) is 0.429. The number of phenols is 1. The lowest BCUT2D eigenvalue weighted by Gasteiger charge is -2.29. The van der Waals surface area contributed by atoms with Gasteiger partial charge in [-0.2, -0.15) is 0 Å². The van der Waals surface area contributed by atoms with Crippen LogP contribution < -0.4 is 10.6 Å². The number of phenolic OH excluding ortho intramolecular Hbond substituents is 1. The number of benzene rings is 1. The Morgan fingerprint density at radius 1 is 1.25 bits per heavy atom. The van der Waals surface area contributed by atoms with Crippen molar-refractivity contribution in [3.05, 3.63) is 29.8 Å². The fourth-order valence-corrected chi connectivity index (χ4v) is 2.51. The van der Waals surface area contributed by atoms with E-state index in [-0.39, 0.29) is 11.3 Å². The fourth-order valence-electron chi connectivity index (χ4n) is 2.51. The summed E-state index contributed by atoms with van der Waals surface area (Å²) in [5.74, 6) is -2.81. The molecule has 0 fully saturated rings. The molecule has 0 radical (unpaired) electrons. The van der Waals surface area contributed by atoms with Crippen LogP contribution in [0.1, 0.15) is 32.4 Å². The molecule has 1 rings (SSSR count). The zero-order chi connectivity index (χ0) is 24.5. The van der Waals surface area contributed by atoms with E-state index in [1.54, 1.807) is 20.8 Å². The number of ether oxygens (including phenoxy) is 2. The van der Waals surface area contributed by atoms with Crippen molar-refractivity contribution in [2.45, 2.75) is 38.5 Å². The van der Waals surface area contributed by atoms with Gasteiger partial charge in [0.2, 0.25) is 5.91 Å². The molecule has 2 unspecified atom stereocenters. The number of methoxy groups -OCH3 is 1. The molecule has 0 saturated heterocycles. The van der Waals surface area contributed by atoms with E-state index >= 15 is 0 Å². The molecule has 0 bridgehead atoms. The second kappa shape index (κ2) is 11.6. The van der Waals surface area contributed by atoms with Gasteiger partial charge in [-0.05, 0) is 38.5 Å². The Morgan fingerprint density at radius 2 is 1.91 bits per heavy atom. The molecule has 11 heteroatoms. The molecule has 32 heavy (non-hydrogen) atoms. The van der Waals surface area contributed by atoms with Crippen LogP contribution in [0.25, 0.3) is 0 Å². The largest absolute Gasteiger partial charge is 0.508 e. The predicted molar refractivity (Wildman–Crippen MR) is 112 cm³/mol. The zero-order valence-corrected chi connectivity index (χ0v) is 18.2. The van der Waals surface area contributed by atoms with E-state index in [0.717, 1.165) is 7.11 Å². The normalized spacial score (nSPS) is 12.5. The van der Waals surface area contributed by atoms with Crippen molar-refractivity contribution in [3.63, 3.8) is 0 Å². The zero-order valence-electron chi connectivity index (χ0n) is 18.2. The monoisotopic (exact) mass is 449 g/mol. The number of esters is 1. The first kappa shape index (κ1) is 26.3. The first-order chi connectivity index (χ1) is 14.9. The molecule has 174 valence electrons. The number of nitrogens with one attached hydrogen (secondary N) is 2. The number of alkyl carbamates (subject to hydrolysis) is 1. The van der Waals surface area contributed by atoms with Gasteiger partial charge in [-0.3, -0.25) is 19.3 Å². The molecule has 1 aromatic rings. The standard InChI is InChI=1S/C21H27N3O8/c1-6-24(19(29)15(12-25)23-20(30)32-21(2,3)4)17(13-8-7-9-14(26)10-13)18(28)22-11-16(27)31-5/h1,7-10,15,17,25-26H,11-12H2,2-5H3,(H,22,28)(H,23,30). The highest BCUT2D eigenvalue weighted by Gasteiger charge is 2.36. The number of nitrogens with zero attached hydrogens (tertiary/aromatic N) is 1. The first-order valence-electron chi connectivity index (χ1n) is 9.46. The Hall–Kier alpha value is -3.78. The molecule has 0 saturated carbocycles. The van der Waals surface area contributed by atoms with Crippen molar-refractivity contribution in [1.82, 2.24) is 15.5 Å². The summed E-state index contributed by atoms with van der Waals surface area (Å²) in [7, 11) is 1.13. The van der Waals surface area contributed by atoms with Gasteiger partial charge in [-0.15, -0.1) is 0 Å². The Labute approximate surface area is 185 Å². The van der Waals surface area contributed by atoms with Gasteiger partial charge < -0.3 is 30.3 Å². The second-order valence-electron chi connectivity index (χ2n) is 7.51. The van der Waals surface area contributed by atoms with Crippen molar-refractivity contribution >= 4 is 23.9 Å². The third kappa shape index (κ3) is 7.81. The lowest BCUT2D eigenvalue weighted by molar-refractivity contribution is -0.143. The Morgan fingerprint density at radius 3 is 2.41 bits per heavy atom. The topological polar surface area (TPSA) is 154 Å². The van der Waals surface area contributed by atoms with Gasteiger partial charge >= 0.3 is 12.1 Å². The molecular formula is C21H27N3O8. The van der Waals surface area contributed by atoms with Crippen LogP contribution in [-0.2, 0) is 23.9 Å². The molecule has 0 aliphatic heterocycles. The van der Waals surface area contributed by atoms with Crippen LogP contribution in [-0.4, -0.2) is 70.9 Å². The van der Waals surface area contributed by atoms with E-state index in [1.807, 2.05) is 0 Å². The molecular weight excluding hydrogens is 422 g/mol. The third-order valence-corrected chi connectivity index (χ3v) is 3.88. The summed E-state index contributed by atoms with van der Waals surface area (Å²) in [6.45, 7) is 3.49.